The van der Waals surface area contributed by atoms with Gasteiger partial charge in [0.1, 0.15) is 0 Å². The molecule has 1 rings (SSSR count). The molecule has 1 fully saturated rings. The van der Waals surface area contributed by atoms with Crippen molar-refractivity contribution in [3.05, 3.63) is 0 Å². The molecule has 0 aromatic rings. The zero-order valence-corrected chi connectivity index (χ0v) is 11.9. The predicted molar refractivity (Wildman–Crippen MR) is 72.2 cm³/mol. The molecule has 1 N–H and O–H groups in total. The summed E-state index contributed by atoms with van der Waals surface area (Å²) in [4.78, 5) is 24.6. The number of rotatable bonds is 4. The summed E-state index contributed by atoms with van der Waals surface area (Å²) >= 11 is 0. The van der Waals surface area contributed by atoms with Crippen molar-refractivity contribution >= 4 is 11.8 Å². The molecular weight excluding hydrogens is 244 g/mol. The molecule has 19 heavy (non-hydrogen) atoms. The van der Waals surface area contributed by atoms with Gasteiger partial charge in [-0.15, -0.1) is 0 Å². The van der Waals surface area contributed by atoms with Crippen molar-refractivity contribution in [2.24, 2.45) is 11.8 Å². The summed E-state index contributed by atoms with van der Waals surface area (Å²) in [6.45, 7) is 5.93. The van der Waals surface area contributed by atoms with Crippen LogP contribution in [0.3, 0.4) is 0 Å². The second-order valence-corrected chi connectivity index (χ2v) is 5.00. The average Bonchev–Trinajstić information content (AvgIpc) is 2.88. The number of likely N-dealkylation sites (N-methyl/N-ethyl adjacent to an activating group) is 1. The Bertz CT molecular complexity index is 376. The van der Waals surface area contributed by atoms with E-state index < -0.39 is 0 Å². The first-order valence-electron chi connectivity index (χ1n) is 6.62. The van der Waals surface area contributed by atoms with Gasteiger partial charge in [-0.3, -0.25) is 9.59 Å². The van der Waals surface area contributed by atoms with Crippen molar-refractivity contribution in [3.63, 3.8) is 0 Å². The molecule has 2 amide bonds. The summed E-state index contributed by atoms with van der Waals surface area (Å²) < 4.78 is 5.19. The minimum atomic E-state index is -0.217. The van der Waals surface area contributed by atoms with E-state index in [0.29, 0.717) is 19.7 Å². The molecule has 0 aromatic carbocycles. The lowest BCUT2D eigenvalue weighted by molar-refractivity contribution is -0.126. The van der Waals surface area contributed by atoms with Crippen LogP contribution >= 0.6 is 0 Å². The Morgan fingerprint density at radius 2 is 2.21 bits per heavy atom. The number of hydrogen-bond acceptors (Lipinski definition) is 3. The fourth-order valence-electron chi connectivity index (χ4n) is 1.56. The van der Waals surface area contributed by atoms with E-state index >= 15 is 0 Å². The van der Waals surface area contributed by atoms with Crippen molar-refractivity contribution in [3.8, 4) is 11.8 Å². The minimum absolute atomic E-state index is 0.00459. The molecule has 1 aliphatic heterocycles. The molecule has 0 saturated carbocycles. The zero-order valence-electron chi connectivity index (χ0n) is 11.9. The summed E-state index contributed by atoms with van der Waals surface area (Å²) in [5, 5.41) is 2.76. The van der Waals surface area contributed by atoms with E-state index in [1.165, 1.54) is 4.90 Å². The van der Waals surface area contributed by atoms with Gasteiger partial charge in [-0.2, -0.15) is 0 Å². The highest BCUT2D eigenvalue weighted by Gasteiger charge is 2.13. The maximum absolute atomic E-state index is 11.7. The molecule has 0 spiro atoms. The number of nitrogens with one attached hydrogen (secondary N) is 1. The van der Waals surface area contributed by atoms with Crippen molar-refractivity contribution < 1.29 is 14.3 Å². The molecule has 0 aromatic heterocycles. The smallest absolute Gasteiger partial charge is 0.298 e. The van der Waals surface area contributed by atoms with Crippen LogP contribution in [-0.4, -0.2) is 50.1 Å². The zero-order chi connectivity index (χ0) is 14.3. The SMILES string of the molecule is CC(C)C(=O)NCCN(C)C(=O)C#C[C@H]1CCOC1. The molecule has 0 bridgehead atoms. The maximum Gasteiger partial charge on any atom is 0.298 e. The van der Waals surface area contributed by atoms with Gasteiger partial charge >= 0.3 is 0 Å². The topological polar surface area (TPSA) is 58.6 Å². The van der Waals surface area contributed by atoms with Gasteiger partial charge < -0.3 is 15.0 Å². The number of nitrogens with zero attached hydrogens (tertiary/aromatic N) is 1. The second-order valence-electron chi connectivity index (χ2n) is 5.00. The Hall–Kier alpha value is -1.54. The normalized spacial score (nSPS) is 17.8. The third-order valence-electron chi connectivity index (χ3n) is 2.93. The molecule has 1 heterocycles. The number of amides is 2. The largest absolute Gasteiger partial charge is 0.380 e. The highest BCUT2D eigenvalue weighted by molar-refractivity contribution is 5.93. The van der Waals surface area contributed by atoms with E-state index in [1.807, 2.05) is 13.8 Å². The standard InChI is InChI=1S/C14H22N2O3/c1-11(2)14(18)15-7-8-16(3)13(17)5-4-12-6-9-19-10-12/h11-12H,6-10H2,1-3H3,(H,15,18)/t12-/m0/s1. The molecule has 1 aliphatic rings. The first kappa shape index (κ1) is 15.5. The quantitative estimate of drug-likeness (QED) is 0.742. The van der Waals surface area contributed by atoms with E-state index in [2.05, 4.69) is 17.2 Å². The first-order chi connectivity index (χ1) is 9.00. The fourth-order valence-corrected chi connectivity index (χ4v) is 1.56. The van der Waals surface area contributed by atoms with Gasteiger partial charge in [0.25, 0.3) is 5.91 Å². The predicted octanol–water partition coefficient (Wildman–Crippen LogP) is 0.257. The summed E-state index contributed by atoms with van der Waals surface area (Å²) in [5.41, 5.74) is 0. The molecule has 1 atom stereocenters. The molecule has 106 valence electrons. The van der Waals surface area contributed by atoms with Crippen LogP contribution in [0.25, 0.3) is 0 Å². The number of carbonyl (C=O) groups is 2. The minimum Gasteiger partial charge on any atom is -0.380 e. The van der Waals surface area contributed by atoms with E-state index in [0.717, 1.165) is 13.0 Å². The Kier molecular flexibility index (Phi) is 6.37. The van der Waals surface area contributed by atoms with Crippen LogP contribution in [0.15, 0.2) is 0 Å². The van der Waals surface area contributed by atoms with Crippen molar-refractivity contribution in [2.75, 3.05) is 33.4 Å². The first-order valence-corrected chi connectivity index (χ1v) is 6.62. The Balaban J connectivity index is 2.26. The van der Waals surface area contributed by atoms with Crippen molar-refractivity contribution in [1.82, 2.24) is 10.2 Å². The van der Waals surface area contributed by atoms with E-state index in [-0.39, 0.29) is 23.7 Å². The maximum atomic E-state index is 11.7. The molecule has 0 radical (unpaired) electrons. The Labute approximate surface area is 114 Å². The Morgan fingerprint density at radius 1 is 1.47 bits per heavy atom. The monoisotopic (exact) mass is 266 g/mol. The molecule has 5 nitrogen and oxygen atoms in total. The van der Waals surface area contributed by atoms with Gasteiger partial charge in [0.15, 0.2) is 0 Å². The Morgan fingerprint density at radius 3 is 2.79 bits per heavy atom. The average molecular weight is 266 g/mol. The van der Waals surface area contributed by atoms with Crippen molar-refractivity contribution in [1.29, 1.82) is 0 Å². The third kappa shape index (κ3) is 5.75. The van der Waals surface area contributed by atoms with Gasteiger partial charge in [0.2, 0.25) is 5.91 Å². The van der Waals surface area contributed by atoms with E-state index in [9.17, 15) is 9.59 Å². The molecular formula is C14H22N2O3. The van der Waals surface area contributed by atoms with Crippen molar-refractivity contribution in [2.45, 2.75) is 20.3 Å². The number of ether oxygens (including phenoxy) is 1. The van der Waals surface area contributed by atoms with Gasteiger partial charge in [-0.1, -0.05) is 19.8 Å². The van der Waals surface area contributed by atoms with Crippen LogP contribution in [0.5, 0.6) is 0 Å². The van der Waals surface area contributed by atoms with Gasteiger partial charge in [-0.05, 0) is 12.3 Å². The highest BCUT2D eigenvalue weighted by Crippen LogP contribution is 2.10. The van der Waals surface area contributed by atoms with Gasteiger partial charge in [-0.25, -0.2) is 0 Å². The third-order valence-corrected chi connectivity index (χ3v) is 2.93. The van der Waals surface area contributed by atoms with Crippen LogP contribution in [0.2, 0.25) is 0 Å². The van der Waals surface area contributed by atoms with Crippen LogP contribution in [0.1, 0.15) is 20.3 Å². The fraction of sp³-hybridized carbons (Fsp3) is 0.714. The molecule has 1 saturated heterocycles. The lowest BCUT2D eigenvalue weighted by Crippen LogP contribution is -2.37. The lowest BCUT2D eigenvalue weighted by atomic mass is 10.1. The lowest BCUT2D eigenvalue weighted by Gasteiger charge is -2.15. The van der Waals surface area contributed by atoms with Crippen LogP contribution in [0.4, 0.5) is 0 Å². The second kappa shape index (κ2) is 7.80. The van der Waals surface area contributed by atoms with Crippen LogP contribution in [0, 0.1) is 23.7 Å². The van der Waals surface area contributed by atoms with Gasteiger partial charge in [0.05, 0.1) is 6.61 Å². The number of carbonyl (C=O) groups excluding carboxylic acids is 2. The summed E-state index contributed by atoms with van der Waals surface area (Å²) in [5.74, 6) is 5.47. The van der Waals surface area contributed by atoms with E-state index in [1.54, 1.807) is 7.05 Å². The summed E-state index contributed by atoms with van der Waals surface area (Å²) in [6.07, 6.45) is 0.897. The molecule has 0 unspecified atom stereocenters. The summed E-state index contributed by atoms with van der Waals surface area (Å²) in [6, 6.07) is 0. The highest BCUT2D eigenvalue weighted by atomic mass is 16.5. The number of hydrogen-bond donors (Lipinski definition) is 1. The molecule has 5 heteroatoms. The van der Waals surface area contributed by atoms with Crippen LogP contribution in [-0.2, 0) is 14.3 Å². The summed E-state index contributed by atoms with van der Waals surface area (Å²) in [7, 11) is 1.68. The van der Waals surface area contributed by atoms with Crippen LogP contribution < -0.4 is 5.32 Å². The van der Waals surface area contributed by atoms with Gasteiger partial charge in [0, 0.05) is 38.6 Å². The van der Waals surface area contributed by atoms with E-state index in [4.69, 9.17) is 4.74 Å². The molecule has 0 aliphatic carbocycles.